The fourth-order valence-electron chi connectivity index (χ4n) is 4.35. The molecule has 0 bridgehead atoms. The third-order valence-corrected chi connectivity index (χ3v) is 7.74. The minimum absolute atomic E-state index is 0.0535. The molecule has 2 N–H and O–H groups in total. The number of carbonyl (C=O) groups is 2. The Hall–Kier alpha value is -3.35. The molecule has 0 aliphatic heterocycles. The summed E-state index contributed by atoms with van der Waals surface area (Å²) >= 11 is 0. The molecule has 2 aromatic rings. The lowest BCUT2D eigenvalue weighted by Gasteiger charge is -2.08. The Morgan fingerprint density at radius 1 is 0.783 bits per heavy atom. The zero-order chi connectivity index (χ0) is 33.3. The molecule has 11 nitrogen and oxygen atoms in total. The summed E-state index contributed by atoms with van der Waals surface area (Å²) in [6.07, 6.45) is 23.4. The minimum atomic E-state index is -3.59. The molecular weight excluding hydrogens is 608 g/mol. The molecule has 0 aliphatic carbocycles. The first-order valence-corrected chi connectivity index (χ1v) is 18.3. The van der Waals surface area contributed by atoms with Crippen LogP contribution in [0.25, 0.3) is 11.5 Å². The van der Waals surface area contributed by atoms with E-state index in [1.807, 2.05) is 0 Å². The minimum Gasteiger partial charge on any atom is -0.408 e. The number of hydrogen-bond donors (Lipinski definition) is 2. The van der Waals surface area contributed by atoms with E-state index >= 15 is 0 Å². The van der Waals surface area contributed by atoms with E-state index in [2.05, 4.69) is 52.1 Å². The lowest BCUT2D eigenvalue weighted by molar-refractivity contribution is -0.121. The summed E-state index contributed by atoms with van der Waals surface area (Å²) in [5.74, 6) is -0.159. The van der Waals surface area contributed by atoms with Crippen molar-refractivity contribution in [2.45, 2.75) is 89.2 Å². The second-order valence-electron chi connectivity index (χ2n) is 11.0. The van der Waals surface area contributed by atoms with Gasteiger partial charge >= 0.3 is 5.22 Å². The van der Waals surface area contributed by atoms with E-state index in [9.17, 15) is 18.0 Å². The van der Waals surface area contributed by atoms with Crippen LogP contribution in [0.15, 0.2) is 58.2 Å². The lowest BCUT2D eigenvalue weighted by Crippen LogP contribution is -2.28. The molecule has 256 valence electrons. The summed E-state index contributed by atoms with van der Waals surface area (Å²) in [5.41, 5.74) is 0.922. The van der Waals surface area contributed by atoms with Gasteiger partial charge in [-0.15, -0.1) is 5.10 Å². The number of aromatic nitrogens is 2. The maximum absolute atomic E-state index is 12.3. The van der Waals surface area contributed by atoms with E-state index < -0.39 is 15.1 Å². The summed E-state index contributed by atoms with van der Waals surface area (Å²) in [6.45, 7) is 4.55. The molecule has 0 spiro atoms. The predicted octanol–water partition coefficient (Wildman–Crippen LogP) is 5.83. The van der Waals surface area contributed by atoms with Crippen molar-refractivity contribution < 1.29 is 31.9 Å². The molecule has 0 aliphatic rings. The maximum Gasteiger partial charge on any atom is 0.335 e. The molecule has 0 unspecified atom stereocenters. The highest BCUT2D eigenvalue weighted by atomic mass is 32.2. The Bertz CT molecular complexity index is 1290. The van der Waals surface area contributed by atoms with Gasteiger partial charge in [-0.2, -0.15) is 0 Å². The number of nitrogens with one attached hydrogen (secondary N) is 2. The monoisotopic (exact) mass is 660 g/mol. The average Bonchev–Trinajstić information content (AvgIpc) is 3.55. The number of unbranched alkanes of at least 4 members (excludes halogenated alkanes) is 8. The number of allylic oxidation sites excluding steroid dienone is 4. The summed E-state index contributed by atoms with van der Waals surface area (Å²) in [5, 5.41) is 12.4. The van der Waals surface area contributed by atoms with Crippen LogP contribution in [0.1, 0.15) is 94.3 Å². The quantitative estimate of drug-likeness (QED) is 0.0938. The average molecular weight is 661 g/mol. The number of nitrogens with zero attached hydrogens (tertiary/aromatic N) is 2. The molecule has 2 amide bonds. The van der Waals surface area contributed by atoms with Crippen molar-refractivity contribution >= 4 is 21.7 Å². The first-order valence-electron chi connectivity index (χ1n) is 16.5. The van der Waals surface area contributed by atoms with Gasteiger partial charge in [-0.3, -0.25) is 9.59 Å². The van der Waals surface area contributed by atoms with Crippen molar-refractivity contribution in [1.29, 1.82) is 0 Å². The molecule has 0 saturated carbocycles. The molecule has 46 heavy (non-hydrogen) atoms. The topological polar surface area (TPSA) is 150 Å². The first kappa shape index (κ1) is 38.8. The number of amides is 2. The highest BCUT2D eigenvalue weighted by molar-refractivity contribution is 7.90. The Morgan fingerprint density at radius 3 is 2.02 bits per heavy atom. The van der Waals surface area contributed by atoms with Crippen molar-refractivity contribution in [2.75, 3.05) is 45.8 Å². The number of hydrogen-bond acceptors (Lipinski definition) is 9. The zero-order valence-corrected chi connectivity index (χ0v) is 28.3. The van der Waals surface area contributed by atoms with E-state index in [0.29, 0.717) is 57.1 Å². The smallest absolute Gasteiger partial charge is 0.335 e. The molecule has 0 fully saturated rings. The number of carbonyl (C=O) groups excluding carboxylic acids is 2. The van der Waals surface area contributed by atoms with Crippen LogP contribution in [0.2, 0.25) is 0 Å². The van der Waals surface area contributed by atoms with Gasteiger partial charge in [-0.1, -0.05) is 68.4 Å². The zero-order valence-electron chi connectivity index (χ0n) is 27.5. The van der Waals surface area contributed by atoms with Gasteiger partial charge in [0, 0.05) is 36.9 Å². The summed E-state index contributed by atoms with van der Waals surface area (Å²) in [6, 6.07) is 6.37. The fourth-order valence-corrected chi connectivity index (χ4v) is 4.77. The SMILES string of the molecule is CCCCC/C=C\C/C=C\CCCCCCCC(=O)NCCOCCOCCNC(=O)c1ccc(-c2nnc(S(C)(=O)=O)o2)cc1. The van der Waals surface area contributed by atoms with Gasteiger partial charge in [0.1, 0.15) is 0 Å². The van der Waals surface area contributed by atoms with Gasteiger partial charge in [0.15, 0.2) is 0 Å². The molecule has 1 aromatic carbocycles. The lowest BCUT2D eigenvalue weighted by atomic mass is 10.1. The molecule has 2 rings (SSSR count). The normalized spacial score (nSPS) is 11.9. The van der Waals surface area contributed by atoms with Crippen LogP contribution >= 0.6 is 0 Å². The van der Waals surface area contributed by atoms with E-state index in [4.69, 9.17) is 13.9 Å². The second-order valence-corrected chi connectivity index (χ2v) is 12.9. The number of sulfone groups is 1. The van der Waals surface area contributed by atoms with Crippen molar-refractivity contribution in [3.05, 3.63) is 54.1 Å². The van der Waals surface area contributed by atoms with Gasteiger partial charge in [-0.25, -0.2) is 8.42 Å². The Kier molecular flexibility index (Phi) is 20.2. The molecule has 12 heteroatoms. The summed E-state index contributed by atoms with van der Waals surface area (Å²) in [4.78, 5) is 24.3. The number of ether oxygens (including phenoxy) is 2. The molecule has 0 atom stereocenters. The third kappa shape index (κ3) is 18.0. The van der Waals surface area contributed by atoms with Crippen molar-refractivity contribution in [3.8, 4) is 11.5 Å². The maximum atomic E-state index is 12.3. The standard InChI is InChI=1S/C34H52N4O7S/c1-3-4-5-6-7-8-9-10-11-12-13-14-15-16-17-18-31(39)35-23-25-43-27-28-44-26-24-36-32(40)29-19-21-30(22-20-29)33-37-38-34(45-33)46(2,41)42/h7-8,10-11,19-22H,3-6,9,12-18,23-28H2,1-2H3,(H,35,39)(H,36,40)/b8-7-,11-10-. The number of benzene rings is 1. The van der Waals surface area contributed by atoms with Crippen LogP contribution in [0.5, 0.6) is 0 Å². The van der Waals surface area contributed by atoms with E-state index in [1.165, 1.54) is 38.5 Å². The highest BCUT2D eigenvalue weighted by Gasteiger charge is 2.17. The van der Waals surface area contributed by atoms with E-state index in [1.54, 1.807) is 24.3 Å². The first-order chi connectivity index (χ1) is 22.3. The second kappa shape index (κ2) is 23.9. The largest absolute Gasteiger partial charge is 0.408 e. The molecule has 1 aromatic heterocycles. The van der Waals surface area contributed by atoms with Crippen LogP contribution in [-0.2, 0) is 24.1 Å². The van der Waals surface area contributed by atoms with Crippen molar-refractivity contribution in [3.63, 3.8) is 0 Å². The van der Waals surface area contributed by atoms with Crippen molar-refractivity contribution in [1.82, 2.24) is 20.8 Å². The van der Waals surface area contributed by atoms with Gasteiger partial charge in [-0.05, 0) is 62.8 Å². The highest BCUT2D eigenvalue weighted by Crippen LogP contribution is 2.20. The van der Waals surface area contributed by atoms with Gasteiger partial charge in [0.25, 0.3) is 5.91 Å². The van der Waals surface area contributed by atoms with E-state index in [0.717, 1.165) is 38.4 Å². The van der Waals surface area contributed by atoms with Gasteiger partial charge in [0.05, 0.1) is 26.4 Å². The molecule has 1 heterocycles. The molecule has 0 saturated heterocycles. The Morgan fingerprint density at radius 2 is 1.39 bits per heavy atom. The van der Waals surface area contributed by atoms with Gasteiger partial charge in [0.2, 0.25) is 21.6 Å². The van der Waals surface area contributed by atoms with Crippen LogP contribution < -0.4 is 10.6 Å². The third-order valence-electron chi connectivity index (χ3n) is 6.94. The van der Waals surface area contributed by atoms with Crippen LogP contribution in [0.4, 0.5) is 0 Å². The van der Waals surface area contributed by atoms with Crippen LogP contribution in [-0.4, -0.2) is 76.2 Å². The predicted molar refractivity (Wildman–Crippen MR) is 179 cm³/mol. The van der Waals surface area contributed by atoms with Gasteiger partial charge < -0.3 is 24.5 Å². The molecule has 0 radical (unpaired) electrons. The molecular formula is C34H52N4O7S. The van der Waals surface area contributed by atoms with Crippen LogP contribution in [0.3, 0.4) is 0 Å². The van der Waals surface area contributed by atoms with Crippen molar-refractivity contribution in [2.24, 2.45) is 0 Å². The summed E-state index contributed by atoms with van der Waals surface area (Å²) < 4.78 is 39.1. The fraction of sp³-hybridized carbons (Fsp3) is 0.588. The number of rotatable bonds is 26. The van der Waals surface area contributed by atoms with Crippen LogP contribution in [0, 0.1) is 0 Å². The summed E-state index contributed by atoms with van der Waals surface area (Å²) in [7, 11) is -3.59. The Labute approximate surface area is 274 Å². The van der Waals surface area contributed by atoms with E-state index in [-0.39, 0.29) is 17.7 Å². The Balaban J connectivity index is 1.37.